The summed E-state index contributed by atoms with van der Waals surface area (Å²) >= 11 is 6.75. The quantitative estimate of drug-likeness (QED) is 0.785. The van der Waals surface area contributed by atoms with E-state index >= 15 is 0 Å². The second-order valence-corrected chi connectivity index (χ2v) is 10.8. The van der Waals surface area contributed by atoms with Crippen LogP contribution in [-0.4, -0.2) is 13.2 Å². The number of hydrogen-bond donors (Lipinski definition) is 1. The van der Waals surface area contributed by atoms with E-state index in [2.05, 4.69) is 51.5 Å². The topological polar surface area (TPSA) is 20.2 Å². The molecule has 1 N–H and O–H groups in total. The maximum absolute atomic E-state index is 9.82. The molecule has 1 rings (SSSR count). The molecule has 0 saturated heterocycles. The second-order valence-electron chi connectivity index (χ2n) is 4.03. The van der Waals surface area contributed by atoms with E-state index in [9.17, 15) is 5.11 Å². The molecule has 0 aromatic heterocycles. The molecule has 0 aliphatic rings. The largest absolute Gasteiger partial charge is 0.507 e. The fraction of sp³-hybridized carbons (Fsp3) is 0.333. The molecule has 0 bridgehead atoms. The Morgan fingerprint density at radius 1 is 1.15 bits per heavy atom. The molecule has 0 saturated carbocycles. The van der Waals surface area contributed by atoms with Crippen molar-refractivity contribution in [3.8, 4) is 5.75 Å². The zero-order chi connectivity index (χ0) is 10.2. The van der Waals surface area contributed by atoms with Crippen molar-refractivity contribution in [3.05, 3.63) is 21.1 Å². The minimum atomic E-state index is -1.45. The molecule has 1 aromatic carbocycles. The highest BCUT2D eigenvalue weighted by molar-refractivity contribution is 9.11. The van der Waals surface area contributed by atoms with Crippen LogP contribution in [0.5, 0.6) is 5.75 Å². The summed E-state index contributed by atoms with van der Waals surface area (Å²) in [4.78, 5) is 0. The molecule has 72 valence electrons. The lowest BCUT2D eigenvalue weighted by Crippen LogP contribution is -2.37. The Labute approximate surface area is 96.4 Å². The normalized spacial score (nSPS) is 11.8. The standard InChI is InChI=1S/C9H12Br2OSi/c1-13(2,3)8-5-6(10)4-7(11)9(8)12/h4-5,12H,1-3H3. The number of aromatic hydroxyl groups is 1. The first-order valence-corrected chi connectivity index (χ1v) is 9.09. The lowest BCUT2D eigenvalue weighted by atomic mass is 10.3. The smallest absolute Gasteiger partial charge is 0.129 e. The van der Waals surface area contributed by atoms with Crippen LogP contribution < -0.4 is 5.19 Å². The van der Waals surface area contributed by atoms with Gasteiger partial charge in [-0.15, -0.1) is 0 Å². The Kier molecular flexibility index (Phi) is 3.25. The van der Waals surface area contributed by atoms with Gasteiger partial charge in [0, 0.05) is 4.47 Å². The van der Waals surface area contributed by atoms with Gasteiger partial charge in [0.05, 0.1) is 12.5 Å². The van der Waals surface area contributed by atoms with Gasteiger partial charge in [0.1, 0.15) is 5.75 Å². The van der Waals surface area contributed by atoms with Crippen LogP contribution in [0.2, 0.25) is 19.6 Å². The molecule has 4 heteroatoms. The summed E-state index contributed by atoms with van der Waals surface area (Å²) in [6.45, 7) is 6.63. The monoisotopic (exact) mass is 322 g/mol. The average Bonchev–Trinajstić information content (AvgIpc) is 1.94. The van der Waals surface area contributed by atoms with Gasteiger partial charge >= 0.3 is 0 Å². The van der Waals surface area contributed by atoms with Crippen LogP contribution in [0.25, 0.3) is 0 Å². The zero-order valence-electron chi connectivity index (χ0n) is 7.86. The Morgan fingerprint density at radius 3 is 2.15 bits per heavy atom. The summed E-state index contributed by atoms with van der Waals surface area (Å²) in [7, 11) is -1.45. The van der Waals surface area contributed by atoms with Gasteiger partial charge in [0.15, 0.2) is 0 Å². The summed E-state index contributed by atoms with van der Waals surface area (Å²) in [5, 5.41) is 10.9. The molecular formula is C9H12Br2OSi. The maximum Gasteiger partial charge on any atom is 0.129 e. The fourth-order valence-electron chi connectivity index (χ4n) is 1.14. The van der Waals surface area contributed by atoms with E-state index in [1.165, 1.54) is 0 Å². The summed E-state index contributed by atoms with van der Waals surface area (Å²) in [5.74, 6) is 0.391. The molecule has 0 fully saturated rings. The first-order chi connectivity index (χ1) is 5.82. The van der Waals surface area contributed by atoms with Gasteiger partial charge in [0.2, 0.25) is 0 Å². The van der Waals surface area contributed by atoms with Crippen molar-refractivity contribution in [2.75, 3.05) is 0 Å². The predicted octanol–water partition coefficient (Wildman–Crippen LogP) is 3.46. The number of phenols is 1. The van der Waals surface area contributed by atoms with Gasteiger partial charge in [-0.3, -0.25) is 0 Å². The highest BCUT2D eigenvalue weighted by atomic mass is 79.9. The summed E-state index contributed by atoms with van der Waals surface area (Å²) in [6.07, 6.45) is 0. The molecule has 0 heterocycles. The summed E-state index contributed by atoms with van der Waals surface area (Å²) in [5.41, 5.74) is 0. The van der Waals surface area contributed by atoms with Crippen LogP contribution >= 0.6 is 31.9 Å². The number of halogens is 2. The fourth-order valence-corrected chi connectivity index (χ4v) is 4.19. The Hall–Kier alpha value is 0.197. The van der Waals surface area contributed by atoms with Crippen LogP contribution in [0.3, 0.4) is 0 Å². The molecule has 0 atom stereocenters. The van der Waals surface area contributed by atoms with Crippen molar-refractivity contribution >= 4 is 45.1 Å². The molecule has 0 aliphatic heterocycles. The first-order valence-electron chi connectivity index (χ1n) is 4.01. The van der Waals surface area contributed by atoms with E-state index in [4.69, 9.17) is 0 Å². The average molecular weight is 324 g/mol. The second kappa shape index (κ2) is 3.75. The molecule has 1 nitrogen and oxygen atoms in total. The van der Waals surface area contributed by atoms with Crippen LogP contribution in [0.1, 0.15) is 0 Å². The van der Waals surface area contributed by atoms with E-state index in [1.54, 1.807) is 0 Å². The van der Waals surface area contributed by atoms with E-state index in [-0.39, 0.29) is 0 Å². The van der Waals surface area contributed by atoms with Gasteiger partial charge in [-0.2, -0.15) is 0 Å². The van der Waals surface area contributed by atoms with Crippen molar-refractivity contribution in [2.45, 2.75) is 19.6 Å². The van der Waals surface area contributed by atoms with Crippen LogP contribution in [0.15, 0.2) is 21.1 Å². The molecule has 0 spiro atoms. The predicted molar refractivity (Wildman–Crippen MR) is 66.5 cm³/mol. The van der Waals surface area contributed by atoms with Crippen molar-refractivity contribution in [2.24, 2.45) is 0 Å². The minimum Gasteiger partial charge on any atom is -0.507 e. The molecule has 0 unspecified atom stereocenters. The summed E-state index contributed by atoms with van der Waals surface area (Å²) in [6, 6.07) is 3.87. The maximum atomic E-state index is 9.82. The van der Waals surface area contributed by atoms with Crippen molar-refractivity contribution in [1.29, 1.82) is 0 Å². The number of rotatable bonds is 1. The number of phenolic OH excluding ortho intramolecular Hbond substituents is 1. The molecule has 1 aromatic rings. The third kappa shape index (κ3) is 2.57. The number of hydrogen-bond acceptors (Lipinski definition) is 1. The van der Waals surface area contributed by atoms with Crippen molar-refractivity contribution in [3.63, 3.8) is 0 Å². The lowest BCUT2D eigenvalue weighted by molar-refractivity contribution is 0.476. The molecule has 13 heavy (non-hydrogen) atoms. The Bertz CT molecular complexity index is 331. The van der Waals surface area contributed by atoms with Crippen molar-refractivity contribution < 1.29 is 5.11 Å². The molecule has 0 radical (unpaired) electrons. The van der Waals surface area contributed by atoms with E-state index in [1.807, 2.05) is 12.1 Å². The third-order valence-electron chi connectivity index (χ3n) is 1.84. The number of benzene rings is 1. The van der Waals surface area contributed by atoms with Gasteiger partial charge in [-0.05, 0) is 33.2 Å². The van der Waals surface area contributed by atoms with E-state index < -0.39 is 8.07 Å². The minimum absolute atomic E-state index is 0.391. The van der Waals surface area contributed by atoms with Gasteiger partial charge < -0.3 is 5.11 Å². The van der Waals surface area contributed by atoms with Gasteiger partial charge in [-0.1, -0.05) is 35.6 Å². The van der Waals surface area contributed by atoms with E-state index in [0.29, 0.717) is 5.75 Å². The lowest BCUT2D eigenvalue weighted by Gasteiger charge is -2.19. The SMILES string of the molecule is C[Si](C)(C)c1cc(Br)cc(Br)c1O. The first kappa shape index (κ1) is 11.3. The van der Waals surface area contributed by atoms with Gasteiger partial charge in [0.25, 0.3) is 0 Å². The third-order valence-corrected chi connectivity index (χ3v) is 4.90. The van der Waals surface area contributed by atoms with Crippen LogP contribution in [0, 0.1) is 0 Å². The Morgan fingerprint density at radius 2 is 1.69 bits per heavy atom. The highest BCUT2D eigenvalue weighted by Gasteiger charge is 2.22. The van der Waals surface area contributed by atoms with E-state index in [0.717, 1.165) is 14.1 Å². The van der Waals surface area contributed by atoms with Crippen molar-refractivity contribution in [1.82, 2.24) is 0 Å². The van der Waals surface area contributed by atoms with Crippen LogP contribution in [-0.2, 0) is 0 Å². The highest BCUT2D eigenvalue weighted by Crippen LogP contribution is 2.27. The molecular weight excluding hydrogens is 312 g/mol. The Balaban J connectivity index is 3.37. The molecule has 0 aliphatic carbocycles. The summed E-state index contributed by atoms with van der Waals surface area (Å²) < 4.78 is 1.77. The molecule has 0 amide bonds. The zero-order valence-corrected chi connectivity index (χ0v) is 12.0. The van der Waals surface area contributed by atoms with Gasteiger partial charge in [-0.25, -0.2) is 0 Å². The van der Waals surface area contributed by atoms with Crippen LogP contribution in [0.4, 0.5) is 0 Å².